The number of pyridine rings is 1. The first-order valence-corrected chi connectivity index (χ1v) is 12.1. The van der Waals surface area contributed by atoms with Crippen LogP contribution in [0.15, 0.2) is 79.1 Å². The van der Waals surface area contributed by atoms with Crippen LogP contribution in [0.25, 0.3) is 22.4 Å². The van der Waals surface area contributed by atoms with E-state index in [2.05, 4.69) is 9.97 Å². The lowest BCUT2D eigenvalue weighted by molar-refractivity contribution is 0.0692. The summed E-state index contributed by atoms with van der Waals surface area (Å²) in [5.74, 6) is -1.51. The number of halogens is 1. The molecule has 0 saturated carbocycles. The lowest BCUT2D eigenvalue weighted by Gasteiger charge is -2.31. The molecule has 1 fully saturated rings. The number of carboxylic acids is 1. The molecule has 4 aromatic rings. The normalized spacial score (nSPS) is 13.9. The summed E-state index contributed by atoms with van der Waals surface area (Å²) >= 11 is 0. The lowest BCUT2D eigenvalue weighted by atomic mass is 9.89. The van der Waals surface area contributed by atoms with Crippen molar-refractivity contribution in [1.82, 2.24) is 14.9 Å². The van der Waals surface area contributed by atoms with Gasteiger partial charge in [-0.25, -0.2) is 14.0 Å². The Morgan fingerprint density at radius 2 is 1.65 bits per heavy atom. The minimum Gasteiger partial charge on any atom is -0.478 e. The second-order valence-corrected chi connectivity index (χ2v) is 9.01. The van der Waals surface area contributed by atoms with Crippen molar-refractivity contribution in [1.29, 1.82) is 0 Å². The Morgan fingerprint density at radius 1 is 0.973 bits per heavy atom. The summed E-state index contributed by atoms with van der Waals surface area (Å²) in [6.07, 6.45) is 4.01. The SMILES string of the molecule is O=C(O)c1c(C2CCN(C(=O)OCc3ccccc3)CC2)[nH]c(-c2ccc(F)cc2)c1-c1ccncc1. The molecule has 3 heterocycles. The third kappa shape index (κ3) is 5.23. The maximum atomic E-state index is 13.6. The summed E-state index contributed by atoms with van der Waals surface area (Å²) in [6, 6.07) is 19.0. The average Bonchev–Trinajstić information content (AvgIpc) is 3.34. The third-order valence-electron chi connectivity index (χ3n) is 6.71. The molecule has 1 aliphatic rings. The highest BCUT2D eigenvalue weighted by atomic mass is 19.1. The standard InChI is InChI=1S/C29H26FN3O4/c30-23-8-6-21(7-9-23)26-24(20-10-14-31-15-11-20)25(28(34)35)27(32-26)22-12-16-33(17-13-22)29(36)37-18-19-4-2-1-3-5-19/h1-11,14-15,22,32H,12-13,16-18H2,(H,34,35). The lowest BCUT2D eigenvalue weighted by Crippen LogP contribution is -2.38. The van der Waals surface area contributed by atoms with Gasteiger partial charge in [-0.15, -0.1) is 0 Å². The molecule has 0 bridgehead atoms. The van der Waals surface area contributed by atoms with Crippen molar-refractivity contribution in [3.63, 3.8) is 0 Å². The maximum absolute atomic E-state index is 13.6. The molecule has 0 unspecified atom stereocenters. The number of aromatic nitrogens is 2. The molecule has 7 nitrogen and oxygen atoms in total. The summed E-state index contributed by atoms with van der Waals surface area (Å²) in [5.41, 5.74) is 4.26. The predicted molar refractivity (Wildman–Crippen MR) is 137 cm³/mol. The zero-order valence-electron chi connectivity index (χ0n) is 20.1. The number of piperidine rings is 1. The predicted octanol–water partition coefficient (Wildman–Crippen LogP) is 6.10. The number of nitrogens with one attached hydrogen (secondary N) is 1. The zero-order chi connectivity index (χ0) is 25.8. The molecule has 5 rings (SSSR count). The monoisotopic (exact) mass is 499 g/mol. The van der Waals surface area contributed by atoms with Crippen molar-refractivity contribution < 1.29 is 23.8 Å². The van der Waals surface area contributed by atoms with Gasteiger partial charge in [-0.05, 0) is 65.9 Å². The van der Waals surface area contributed by atoms with Crippen LogP contribution < -0.4 is 0 Å². The minimum absolute atomic E-state index is 0.0981. The van der Waals surface area contributed by atoms with Crippen LogP contribution in [0.3, 0.4) is 0 Å². The molecule has 8 heteroatoms. The summed E-state index contributed by atoms with van der Waals surface area (Å²) < 4.78 is 19.1. The second kappa shape index (κ2) is 10.7. The van der Waals surface area contributed by atoms with Crippen LogP contribution in [0.2, 0.25) is 0 Å². The van der Waals surface area contributed by atoms with Gasteiger partial charge in [0.25, 0.3) is 0 Å². The Balaban J connectivity index is 1.41. The first kappa shape index (κ1) is 24.2. The van der Waals surface area contributed by atoms with Crippen LogP contribution in [0.4, 0.5) is 9.18 Å². The Bertz CT molecular complexity index is 1380. The molecule has 1 saturated heterocycles. The second-order valence-electron chi connectivity index (χ2n) is 9.01. The molecule has 2 N–H and O–H groups in total. The van der Waals surface area contributed by atoms with E-state index in [1.165, 1.54) is 12.1 Å². The van der Waals surface area contributed by atoms with Crippen molar-refractivity contribution in [3.8, 4) is 22.4 Å². The Hall–Kier alpha value is -4.46. The van der Waals surface area contributed by atoms with E-state index in [9.17, 15) is 19.1 Å². The smallest absolute Gasteiger partial charge is 0.410 e. The largest absolute Gasteiger partial charge is 0.478 e. The van der Waals surface area contributed by atoms with E-state index in [0.717, 1.165) is 5.56 Å². The molecule has 2 aromatic carbocycles. The van der Waals surface area contributed by atoms with Crippen LogP contribution in [0.1, 0.15) is 40.4 Å². The van der Waals surface area contributed by atoms with Gasteiger partial charge in [-0.3, -0.25) is 4.98 Å². The summed E-state index contributed by atoms with van der Waals surface area (Å²) in [7, 11) is 0. The Kier molecular flexibility index (Phi) is 6.98. The molecule has 0 spiro atoms. The first-order chi connectivity index (χ1) is 18.0. The molecule has 2 aromatic heterocycles. The molecular formula is C29H26FN3O4. The van der Waals surface area contributed by atoms with Gasteiger partial charge >= 0.3 is 12.1 Å². The van der Waals surface area contributed by atoms with E-state index in [1.807, 2.05) is 30.3 Å². The number of ether oxygens (including phenoxy) is 1. The number of carbonyl (C=O) groups is 2. The van der Waals surface area contributed by atoms with Crippen molar-refractivity contribution in [2.45, 2.75) is 25.4 Å². The summed E-state index contributed by atoms with van der Waals surface area (Å²) in [5, 5.41) is 10.3. The van der Waals surface area contributed by atoms with Gasteiger partial charge in [0.15, 0.2) is 0 Å². The van der Waals surface area contributed by atoms with E-state index in [4.69, 9.17) is 4.74 Å². The number of rotatable bonds is 6. The van der Waals surface area contributed by atoms with Gasteiger partial charge in [-0.1, -0.05) is 30.3 Å². The quantitative estimate of drug-likeness (QED) is 0.334. The molecular weight excluding hydrogens is 473 g/mol. The molecule has 1 amide bonds. The molecule has 0 aliphatic carbocycles. The van der Waals surface area contributed by atoms with Gasteiger partial charge in [-0.2, -0.15) is 0 Å². The summed E-state index contributed by atoms with van der Waals surface area (Å²) in [4.78, 5) is 34.3. The molecule has 0 radical (unpaired) electrons. The number of likely N-dealkylation sites (tertiary alicyclic amines) is 1. The van der Waals surface area contributed by atoms with E-state index in [0.29, 0.717) is 54.0 Å². The van der Waals surface area contributed by atoms with Crippen LogP contribution >= 0.6 is 0 Å². The molecule has 188 valence electrons. The maximum Gasteiger partial charge on any atom is 0.410 e. The van der Waals surface area contributed by atoms with E-state index < -0.39 is 5.97 Å². The fourth-order valence-electron chi connectivity index (χ4n) is 4.85. The number of hydrogen-bond donors (Lipinski definition) is 2. The fourth-order valence-corrected chi connectivity index (χ4v) is 4.85. The van der Waals surface area contributed by atoms with Gasteiger partial charge < -0.3 is 19.7 Å². The van der Waals surface area contributed by atoms with Gasteiger partial charge in [0, 0.05) is 42.7 Å². The number of nitrogens with zero attached hydrogens (tertiary/aromatic N) is 2. The van der Waals surface area contributed by atoms with Crippen LogP contribution in [0, 0.1) is 5.82 Å². The minimum atomic E-state index is -1.05. The van der Waals surface area contributed by atoms with E-state index >= 15 is 0 Å². The number of benzene rings is 2. The number of aromatic amines is 1. The van der Waals surface area contributed by atoms with Crippen LogP contribution in [0.5, 0.6) is 0 Å². The highest BCUT2D eigenvalue weighted by Gasteiger charge is 2.32. The van der Waals surface area contributed by atoms with Crippen molar-refractivity contribution >= 4 is 12.1 Å². The van der Waals surface area contributed by atoms with Gasteiger partial charge in [0.2, 0.25) is 0 Å². The van der Waals surface area contributed by atoms with E-state index in [1.54, 1.807) is 41.6 Å². The summed E-state index contributed by atoms with van der Waals surface area (Å²) in [6.45, 7) is 1.11. The van der Waals surface area contributed by atoms with Crippen molar-refractivity contribution in [2.75, 3.05) is 13.1 Å². The molecule has 0 atom stereocenters. The fraction of sp³-hybridized carbons (Fsp3) is 0.207. The average molecular weight is 500 g/mol. The Labute approximate surface area is 213 Å². The Morgan fingerprint density at radius 3 is 2.30 bits per heavy atom. The molecule has 1 aliphatic heterocycles. The number of hydrogen-bond acceptors (Lipinski definition) is 4. The van der Waals surface area contributed by atoms with E-state index in [-0.39, 0.29) is 30.0 Å². The zero-order valence-corrected chi connectivity index (χ0v) is 20.1. The molecule has 37 heavy (non-hydrogen) atoms. The number of amides is 1. The van der Waals surface area contributed by atoms with Gasteiger partial charge in [0.1, 0.15) is 12.4 Å². The number of aromatic carboxylic acids is 1. The van der Waals surface area contributed by atoms with Crippen molar-refractivity contribution in [2.24, 2.45) is 0 Å². The highest BCUT2D eigenvalue weighted by molar-refractivity contribution is 6.02. The highest BCUT2D eigenvalue weighted by Crippen LogP contribution is 2.41. The number of H-pyrrole nitrogens is 1. The first-order valence-electron chi connectivity index (χ1n) is 12.1. The topological polar surface area (TPSA) is 95.5 Å². The van der Waals surface area contributed by atoms with Crippen LogP contribution in [-0.2, 0) is 11.3 Å². The number of carboxylic acid groups (broad SMARTS) is 1. The van der Waals surface area contributed by atoms with Gasteiger partial charge in [0.05, 0.1) is 11.3 Å². The number of carbonyl (C=O) groups excluding carboxylic acids is 1. The third-order valence-corrected chi connectivity index (χ3v) is 6.71. The van der Waals surface area contributed by atoms with Crippen LogP contribution in [-0.4, -0.2) is 45.1 Å². The van der Waals surface area contributed by atoms with Crippen molar-refractivity contribution in [3.05, 3.63) is 102 Å².